The Labute approximate surface area is 145 Å². The molecule has 1 unspecified atom stereocenters. The molecule has 0 aliphatic carbocycles. The van der Waals surface area contributed by atoms with Gasteiger partial charge in [0.05, 0.1) is 7.11 Å². The minimum Gasteiger partial charge on any atom is -0.494 e. The maximum Gasteiger partial charge on any atom is 0.315 e. The summed E-state index contributed by atoms with van der Waals surface area (Å²) in [6.45, 7) is 1.68. The number of halogens is 1. The molecule has 0 radical (unpaired) electrons. The minimum absolute atomic E-state index is 0.0456. The molecule has 5 nitrogen and oxygen atoms in total. The van der Waals surface area contributed by atoms with Gasteiger partial charge in [0.25, 0.3) is 5.91 Å². The molecule has 0 fully saturated rings. The summed E-state index contributed by atoms with van der Waals surface area (Å²) in [6, 6.07) is 12.5. The summed E-state index contributed by atoms with van der Waals surface area (Å²) < 4.78 is 18.3. The van der Waals surface area contributed by atoms with Gasteiger partial charge < -0.3 is 15.2 Å². The number of hydrogen-bond donors (Lipinski definition) is 2. The summed E-state index contributed by atoms with van der Waals surface area (Å²) in [7, 11) is 1.31. The van der Waals surface area contributed by atoms with Crippen LogP contribution in [0.4, 0.5) is 4.39 Å². The van der Waals surface area contributed by atoms with Crippen molar-refractivity contribution in [3.8, 4) is 5.75 Å². The molecule has 0 aliphatic rings. The van der Waals surface area contributed by atoms with Gasteiger partial charge in [0.1, 0.15) is 5.41 Å². The van der Waals surface area contributed by atoms with Gasteiger partial charge in [0.15, 0.2) is 11.6 Å². The lowest BCUT2D eigenvalue weighted by Gasteiger charge is -2.29. The number of hydrogen-bond acceptors (Lipinski definition) is 3. The lowest BCUT2D eigenvalue weighted by Crippen LogP contribution is -2.46. The van der Waals surface area contributed by atoms with E-state index in [-0.39, 0.29) is 17.9 Å². The summed E-state index contributed by atoms with van der Waals surface area (Å²) in [4.78, 5) is 24.3. The van der Waals surface area contributed by atoms with E-state index in [4.69, 9.17) is 4.74 Å². The second-order valence-corrected chi connectivity index (χ2v) is 5.64. The van der Waals surface area contributed by atoms with E-state index in [1.807, 2.05) is 0 Å². The zero-order chi connectivity index (χ0) is 18.4. The molecule has 25 heavy (non-hydrogen) atoms. The van der Waals surface area contributed by atoms with Crippen LogP contribution in [0.15, 0.2) is 48.5 Å². The summed E-state index contributed by atoms with van der Waals surface area (Å²) in [5, 5.41) is 12.4. The van der Waals surface area contributed by atoms with Gasteiger partial charge in [-0.1, -0.05) is 37.3 Å². The van der Waals surface area contributed by atoms with E-state index in [1.54, 1.807) is 37.3 Å². The third-order valence-corrected chi connectivity index (χ3v) is 4.30. The number of carboxylic acids is 1. The van der Waals surface area contributed by atoms with Crippen LogP contribution in [0.2, 0.25) is 0 Å². The Kier molecular flexibility index (Phi) is 5.75. The predicted molar refractivity (Wildman–Crippen MR) is 91.3 cm³/mol. The monoisotopic (exact) mass is 345 g/mol. The molecule has 6 heteroatoms. The van der Waals surface area contributed by atoms with Crippen LogP contribution in [0.5, 0.6) is 5.75 Å². The zero-order valence-electron chi connectivity index (χ0n) is 14.1. The number of carbonyl (C=O) groups is 2. The number of benzene rings is 2. The van der Waals surface area contributed by atoms with Crippen molar-refractivity contribution in [3.63, 3.8) is 0 Å². The first-order valence-electron chi connectivity index (χ1n) is 7.85. The SMILES string of the molecule is CCC(CNC(=O)c1ccc(F)c(OC)c1)(C(=O)O)c1ccccc1. The summed E-state index contributed by atoms with van der Waals surface area (Å²) in [5.41, 5.74) is -0.426. The average Bonchev–Trinajstić information content (AvgIpc) is 2.63. The molecule has 0 aliphatic heterocycles. The predicted octanol–water partition coefficient (Wildman–Crippen LogP) is 3.00. The van der Waals surface area contributed by atoms with E-state index in [9.17, 15) is 19.1 Å². The number of ether oxygens (including phenoxy) is 1. The topological polar surface area (TPSA) is 75.6 Å². The molecule has 1 amide bonds. The summed E-state index contributed by atoms with van der Waals surface area (Å²) in [5.74, 6) is -2.13. The highest BCUT2D eigenvalue weighted by atomic mass is 19.1. The number of methoxy groups -OCH3 is 1. The van der Waals surface area contributed by atoms with E-state index >= 15 is 0 Å². The highest BCUT2D eigenvalue weighted by molar-refractivity contribution is 5.95. The van der Waals surface area contributed by atoms with Crippen LogP contribution in [-0.2, 0) is 10.2 Å². The Balaban J connectivity index is 2.24. The van der Waals surface area contributed by atoms with Crippen molar-refractivity contribution >= 4 is 11.9 Å². The standard InChI is InChI=1S/C19H20FNO4/c1-3-19(18(23)24,14-7-5-4-6-8-14)12-21-17(22)13-9-10-15(20)16(11-13)25-2/h4-11H,3,12H2,1-2H3,(H,21,22)(H,23,24). The molecule has 0 heterocycles. The number of carbonyl (C=O) groups excluding carboxylic acids is 1. The van der Waals surface area contributed by atoms with Crippen molar-refractivity contribution in [1.29, 1.82) is 0 Å². The van der Waals surface area contributed by atoms with E-state index in [2.05, 4.69) is 5.32 Å². The quantitative estimate of drug-likeness (QED) is 0.809. The summed E-state index contributed by atoms with van der Waals surface area (Å²) >= 11 is 0. The molecule has 0 aromatic heterocycles. The smallest absolute Gasteiger partial charge is 0.315 e. The number of aliphatic carboxylic acids is 1. The average molecular weight is 345 g/mol. The Morgan fingerprint density at radius 3 is 2.44 bits per heavy atom. The lowest BCUT2D eigenvalue weighted by molar-refractivity contribution is -0.143. The Morgan fingerprint density at radius 1 is 1.20 bits per heavy atom. The molecule has 0 saturated heterocycles. The first-order valence-corrected chi connectivity index (χ1v) is 7.85. The molecular weight excluding hydrogens is 325 g/mol. The van der Waals surface area contributed by atoms with Gasteiger partial charge in [-0.3, -0.25) is 9.59 Å². The van der Waals surface area contributed by atoms with Gasteiger partial charge in [0.2, 0.25) is 0 Å². The maximum atomic E-state index is 13.5. The Hall–Kier alpha value is -2.89. The van der Waals surface area contributed by atoms with Crippen LogP contribution < -0.4 is 10.1 Å². The van der Waals surface area contributed by atoms with Gasteiger partial charge in [-0.05, 0) is 30.2 Å². The van der Waals surface area contributed by atoms with E-state index in [0.29, 0.717) is 12.0 Å². The van der Waals surface area contributed by atoms with Crippen molar-refractivity contribution in [1.82, 2.24) is 5.32 Å². The van der Waals surface area contributed by atoms with Gasteiger partial charge in [-0.25, -0.2) is 4.39 Å². The van der Waals surface area contributed by atoms with Crippen LogP contribution in [0.3, 0.4) is 0 Å². The second-order valence-electron chi connectivity index (χ2n) is 5.64. The normalized spacial score (nSPS) is 12.9. The molecule has 0 saturated carbocycles. The zero-order valence-corrected chi connectivity index (χ0v) is 14.1. The van der Waals surface area contributed by atoms with Crippen LogP contribution >= 0.6 is 0 Å². The maximum absolute atomic E-state index is 13.5. The Morgan fingerprint density at radius 2 is 1.88 bits per heavy atom. The molecule has 2 rings (SSSR count). The first-order chi connectivity index (χ1) is 11.9. The molecule has 1 atom stereocenters. The van der Waals surface area contributed by atoms with Gasteiger partial charge in [0, 0.05) is 12.1 Å². The number of rotatable bonds is 7. The molecule has 132 valence electrons. The second kappa shape index (κ2) is 7.79. The van der Waals surface area contributed by atoms with Gasteiger partial charge in [-0.2, -0.15) is 0 Å². The fraction of sp³-hybridized carbons (Fsp3) is 0.263. The molecule has 2 aromatic carbocycles. The van der Waals surface area contributed by atoms with Crippen LogP contribution in [-0.4, -0.2) is 30.6 Å². The number of carboxylic acid groups (broad SMARTS) is 1. The highest BCUT2D eigenvalue weighted by Gasteiger charge is 2.39. The molecular formula is C19H20FNO4. The van der Waals surface area contributed by atoms with Crippen LogP contribution in [0.1, 0.15) is 29.3 Å². The minimum atomic E-state index is -1.24. The third-order valence-electron chi connectivity index (χ3n) is 4.30. The first kappa shape index (κ1) is 18.4. The van der Waals surface area contributed by atoms with Crippen molar-refractivity contribution < 1.29 is 23.8 Å². The van der Waals surface area contributed by atoms with Crippen molar-refractivity contribution in [2.45, 2.75) is 18.8 Å². The fourth-order valence-corrected chi connectivity index (χ4v) is 2.67. The van der Waals surface area contributed by atoms with Crippen molar-refractivity contribution in [2.75, 3.05) is 13.7 Å². The van der Waals surface area contributed by atoms with Crippen LogP contribution in [0, 0.1) is 5.82 Å². The number of nitrogens with one attached hydrogen (secondary N) is 1. The Bertz CT molecular complexity index is 763. The van der Waals surface area contributed by atoms with Gasteiger partial charge in [-0.15, -0.1) is 0 Å². The molecule has 0 spiro atoms. The van der Waals surface area contributed by atoms with Crippen molar-refractivity contribution in [3.05, 3.63) is 65.5 Å². The summed E-state index contributed by atoms with van der Waals surface area (Å²) in [6.07, 6.45) is 0.305. The number of amides is 1. The van der Waals surface area contributed by atoms with E-state index in [1.165, 1.54) is 19.2 Å². The lowest BCUT2D eigenvalue weighted by atomic mass is 9.78. The fourth-order valence-electron chi connectivity index (χ4n) is 2.67. The molecule has 2 N–H and O–H groups in total. The van der Waals surface area contributed by atoms with Gasteiger partial charge >= 0.3 is 5.97 Å². The molecule has 2 aromatic rings. The van der Waals surface area contributed by atoms with E-state index < -0.39 is 23.1 Å². The van der Waals surface area contributed by atoms with Crippen molar-refractivity contribution in [2.24, 2.45) is 0 Å². The molecule has 0 bridgehead atoms. The van der Waals surface area contributed by atoms with Crippen LogP contribution in [0.25, 0.3) is 0 Å². The van der Waals surface area contributed by atoms with E-state index in [0.717, 1.165) is 6.07 Å². The third kappa shape index (κ3) is 3.79. The largest absolute Gasteiger partial charge is 0.494 e. The highest BCUT2D eigenvalue weighted by Crippen LogP contribution is 2.28.